The van der Waals surface area contributed by atoms with Crippen LogP contribution in [0.2, 0.25) is 10.0 Å². The molecule has 1 amide bonds. The zero-order valence-electron chi connectivity index (χ0n) is 7.39. The van der Waals surface area contributed by atoms with E-state index in [2.05, 4.69) is 11.9 Å². The first-order chi connectivity index (χ1) is 6.61. The fourth-order valence-electron chi connectivity index (χ4n) is 0.969. The van der Waals surface area contributed by atoms with Crippen LogP contribution in [0, 0.1) is 0 Å². The zero-order valence-corrected chi connectivity index (χ0v) is 8.90. The maximum atomic E-state index is 11.2. The smallest absolute Gasteiger partial charge is 0.228 e. The Labute approximate surface area is 92.5 Å². The number of hydrogen-bond acceptors (Lipinski definition) is 1. The van der Waals surface area contributed by atoms with E-state index in [1.165, 1.54) is 6.08 Å². The van der Waals surface area contributed by atoms with Crippen LogP contribution in [0.1, 0.15) is 6.42 Å². The van der Waals surface area contributed by atoms with Crippen molar-refractivity contribution >= 4 is 34.8 Å². The zero-order chi connectivity index (χ0) is 10.6. The highest BCUT2D eigenvalue weighted by Gasteiger charge is 2.01. The van der Waals surface area contributed by atoms with Gasteiger partial charge in [-0.1, -0.05) is 29.3 Å². The van der Waals surface area contributed by atoms with Crippen molar-refractivity contribution < 1.29 is 4.79 Å². The number of carbonyl (C=O) groups excluding carboxylic acids is 1. The number of carbonyl (C=O) groups is 1. The molecule has 0 fully saturated rings. The normalized spacial score (nSPS) is 9.57. The molecule has 4 heteroatoms. The van der Waals surface area contributed by atoms with Crippen LogP contribution in [-0.2, 0) is 4.79 Å². The third-order valence-corrected chi connectivity index (χ3v) is 1.91. The van der Waals surface area contributed by atoms with E-state index >= 15 is 0 Å². The van der Waals surface area contributed by atoms with Crippen LogP contribution >= 0.6 is 23.2 Å². The van der Waals surface area contributed by atoms with Crippen molar-refractivity contribution in [2.45, 2.75) is 6.42 Å². The number of anilines is 1. The van der Waals surface area contributed by atoms with Crippen molar-refractivity contribution in [2.24, 2.45) is 0 Å². The summed E-state index contributed by atoms with van der Waals surface area (Å²) in [6.45, 7) is 3.46. The summed E-state index contributed by atoms with van der Waals surface area (Å²) in [5.41, 5.74) is 0.592. The molecular formula is C10H9Cl2NO. The molecule has 0 radical (unpaired) electrons. The van der Waals surface area contributed by atoms with Crippen molar-refractivity contribution in [3.8, 4) is 0 Å². The molecule has 0 saturated carbocycles. The second-order valence-corrected chi connectivity index (χ2v) is 3.57. The highest BCUT2D eigenvalue weighted by atomic mass is 35.5. The minimum atomic E-state index is -0.140. The average Bonchev–Trinajstić information content (AvgIpc) is 2.01. The topological polar surface area (TPSA) is 29.1 Å². The molecule has 1 aromatic carbocycles. The van der Waals surface area contributed by atoms with E-state index in [9.17, 15) is 4.79 Å². The molecule has 1 rings (SSSR count). The SMILES string of the molecule is C=CCC(=O)Nc1cc(Cl)cc(Cl)c1. The summed E-state index contributed by atoms with van der Waals surface area (Å²) in [5.74, 6) is -0.140. The molecule has 0 spiro atoms. The lowest BCUT2D eigenvalue weighted by molar-refractivity contribution is -0.115. The summed E-state index contributed by atoms with van der Waals surface area (Å²) in [6.07, 6.45) is 1.80. The van der Waals surface area contributed by atoms with Gasteiger partial charge in [0, 0.05) is 22.2 Å². The number of rotatable bonds is 3. The Morgan fingerprint density at radius 3 is 2.43 bits per heavy atom. The Hall–Kier alpha value is -0.990. The van der Waals surface area contributed by atoms with Gasteiger partial charge in [0.15, 0.2) is 0 Å². The second kappa shape index (κ2) is 5.03. The van der Waals surface area contributed by atoms with Gasteiger partial charge >= 0.3 is 0 Å². The number of benzene rings is 1. The van der Waals surface area contributed by atoms with Crippen molar-refractivity contribution in [3.05, 3.63) is 40.9 Å². The second-order valence-electron chi connectivity index (χ2n) is 2.70. The number of hydrogen-bond donors (Lipinski definition) is 1. The van der Waals surface area contributed by atoms with E-state index < -0.39 is 0 Å². The standard InChI is InChI=1S/C10H9Cl2NO/c1-2-3-10(14)13-9-5-7(11)4-8(12)6-9/h2,4-6H,1,3H2,(H,13,14). The Bertz CT molecular complexity index is 343. The number of halogens is 2. The molecule has 0 aliphatic rings. The Morgan fingerprint density at radius 1 is 1.36 bits per heavy atom. The third-order valence-electron chi connectivity index (χ3n) is 1.48. The summed E-state index contributed by atoms with van der Waals surface area (Å²) in [4.78, 5) is 11.2. The molecule has 0 atom stereocenters. The van der Waals surface area contributed by atoms with Crippen LogP contribution in [0.4, 0.5) is 5.69 Å². The Balaban J connectivity index is 2.76. The average molecular weight is 230 g/mol. The molecule has 0 heterocycles. The van der Waals surface area contributed by atoms with E-state index in [4.69, 9.17) is 23.2 Å². The minimum Gasteiger partial charge on any atom is -0.326 e. The maximum Gasteiger partial charge on any atom is 0.228 e. The molecule has 0 bridgehead atoms. The minimum absolute atomic E-state index is 0.140. The Kier molecular flexibility index (Phi) is 3.98. The van der Waals surface area contributed by atoms with Gasteiger partial charge in [-0.15, -0.1) is 6.58 Å². The molecule has 14 heavy (non-hydrogen) atoms. The van der Waals surface area contributed by atoms with Gasteiger partial charge in [-0.2, -0.15) is 0 Å². The van der Waals surface area contributed by atoms with Crippen LogP contribution in [0.5, 0.6) is 0 Å². The lowest BCUT2D eigenvalue weighted by Gasteiger charge is -2.04. The molecule has 0 unspecified atom stereocenters. The van der Waals surface area contributed by atoms with Gasteiger partial charge in [0.25, 0.3) is 0 Å². The quantitative estimate of drug-likeness (QED) is 0.791. The lowest BCUT2D eigenvalue weighted by Crippen LogP contribution is -2.09. The predicted molar refractivity (Wildman–Crippen MR) is 59.9 cm³/mol. The van der Waals surface area contributed by atoms with Gasteiger partial charge in [-0.3, -0.25) is 4.79 Å². The van der Waals surface area contributed by atoms with E-state index in [0.29, 0.717) is 15.7 Å². The van der Waals surface area contributed by atoms with Gasteiger partial charge in [0.1, 0.15) is 0 Å². The van der Waals surface area contributed by atoms with Gasteiger partial charge in [-0.05, 0) is 18.2 Å². The predicted octanol–water partition coefficient (Wildman–Crippen LogP) is 3.51. The maximum absolute atomic E-state index is 11.2. The monoisotopic (exact) mass is 229 g/mol. The van der Waals surface area contributed by atoms with E-state index in [1.54, 1.807) is 18.2 Å². The first-order valence-corrected chi connectivity index (χ1v) is 4.74. The first kappa shape index (κ1) is 11.1. The highest BCUT2D eigenvalue weighted by molar-refractivity contribution is 6.35. The Morgan fingerprint density at radius 2 is 1.93 bits per heavy atom. The highest BCUT2D eigenvalue weighted by Crippen LogP contribution is 2.22. The molecule has 1 N–H and O–H groups in total. The fraction of sp³-hybridized carbons (Fsp3) is 0.100. The van der Waals surface area contributed by atoms with Crippen LogP contribution in [-0.4, -0.2) is 5.91 Å². The van der Waals surface area contributed by atoms with Gasteiger partial charge in [-0.25, -0.2) is 0 Å². The summed E-state index contributed by atoms with van der Waals surface area (Å²) in [5, 5.41) is 3.63. The summed E-state index contributed by atoms with van der Waals surface area (Å²) >= 11 is 11.5. The number of amides is 1. The fourth-order valence-corrected chi connectivity index (χ4v) is 1.50. The van der Waals surface area contributed by atoms with Gasteiger partial charge in [0.2, 0.25) is 5.91 Å². The van der Waals surface area contributed by atoms with Crippen molar-refractivity contribution in [2.75, 3.05) is 5.32 Å². The lowest BCUT2D eigenvalue weighted by atomic mass is 10.3. The molecule has 0 saturated heterocycles. The molecule has 0 aliphatic heterocycles. The molecule has 74 valence electrons. The van der Waals surface area contributed by atoms with Crippen LogP contribution in [0.15, 0.2) is 30.9 Å². The molecule has 0 aromatic heterocycles. The van der Waals surface area contributed by atoms with Gasteiger partial charge in [0.05, 0.1) is 0 Å². The summed E-state index contributed by atoms with van der Waals surface area (Å²) in [6, 6.07) is 4.87. The first-order valence-electron chi connectivity index (χ1n) is 3.98. The van der Waals surface area contributed by atoms with Crippen molar-refractivity contribution in [3.63, 3.8) is 0 Å². The third kappa shape index (κ3) is 3.40. The molecular weight excluding hydrogens is 221 g/mol. The summed E-state index contributed by atoms with van der Waals surface area (Å²) < 4.78 is 0. The van der Waals surface area contributed by atoms with Crippen molar-refractivity contribution in [1.29, 1.82) is 0 Å². The van der Waals surface area contributed by atoms with Crippen LogP contribution < -0.4 is 5.32 Å². The van der Waals surface area contributed by atoms with Gasteiger partial charge < -0.3 is 5.32 Å². The molecule has 0 aliphatic carbocycles. The van der Waals surface area contributed by atoms with Crippen LogP contribution in [0.25, 0.3) is 0 Å². The molecule has 1 aromatic rings. The van der Waals surface area contributed by atoms with Crippen molar-refractivity contribution in [1.82, 2.24) is 0 Å². The van der Waals surface area contributed by atoms with E-state index in [-0.39, 0.29) is 12.3 Å². The summed E-state index contributed by atoms with van der Waals surface area (Å²) in [7, 11) is 0. The van der Waals surface area contributed by atoms with Crippen LogP contribution in [0.3, 0.4) is 0 Å². The van der Waals surface area contributed by atoms with E-state index in [1.807, 2.05) is 0 Å². The number of nitrogens with one attached hydrogen (secondary N) is 1. The van der Waals surface area contributed by atoms with E-state index in [0.717, 1.165) is 0 Å². The largest absolute Gasteiger partial charge is 0.326 e. The molecule has 2 nitrogen and oxygen atoms in total.